The molecular formula is C17H18N2O5S. The highest BCUT2D eigenvalue weighted by Crippen LogP contribution is 2.38. The first-order valence-corrected chi connectivity index (χ1v) is 9.15. The Labute approximate surface area is 146 Å². The van der Waals surface area contributed by atoms with E-state index in [-0.39, 0.29) is 22.9 Å². The van der Waals surface area contributed by atoms with E-state index in [9.17, 15) is 18.5 Å². The van der Waals surface area contributed by atoms with Crippen molar-refractivity contribution in [1.29, 1.82) is 0 Å². The largest absolute Gasteiger partial charge is 0.495 e. The molecule has 0 aliphatic carbocycles. The SMILES string of the molecule is COc1cc(C)c(C)cc1S(=O)(=O)N1CCc2ccc([N+](=O)[O-])cc21. The summed E-state index contributed by atoms with van der Waals surface area (Å²) in [6.45, 7) is 3.95. The van der Waals surface area contributed by atoms with E-state index in [2.05, 4.69) is 0 Å². The van der Waals surface area contributed by atoms with E-state index in [1.54, 1.807) is 18.2 Å². The van der Waals surface area contributed by atoms with Gasteiger partial charge in [0.25, 0.3) is 15.7 Å². The number of benzene rings is 2. The van der Waals surface area contributed by atoms with Crippen LogP contribution >= 0.6 is 0 Å². The van der Waals surface area contributed by atoms with Gasteiger partial charge >= 0.3 is 0 Å². The third-order valence-electron chi connectivity index (χ3n) is 4.48. The molecule has 0 unspecified atom stereocenters. The standard InChI is InChI=1S/C17H18N2O5S/c1-11-8-16(24-3)17(9-12(11)2)25(22,23)18-7-6-13-4-5-14(19(20)21)10-15(13)18/h4-5,8-10H,6-7H2,1-3H3. The van der Waals surface area contributed by atoms with Gasteiger partial charge in [-0.15, -0.1) is 0 Å². The van der Waals surface area contributed by atoms with Crippen molar-refractivity contribution in [2.24, 2.45) is 0 Å². The van der Waals surface area contributed by atoms with Gasteiger partial charge < -0.3 is 4.74 Å². The third-order valence-corrected chi connectivity index (χ3v) is 6.32. The van der Waals surface area contributed by atoms with Gasteiger partial charge in [-0.05, 0) is 49.1 Å². The van der Waals surface area contributed by atoms with Crippen molar-refractivity contribution >= 4 is 21.4 Å². The summed E-state index contributed by atoms with van der Waals surface area (Å²) in [7, 11) is -2.47. The summed E-state index contributed by atoms with van der Waals surface area (Å²) >= 11 is 0. The van der Waals surface area contributed by atoms with E-state index in [0.717, 1.165) is 16.7 Å². The van der Waals surface area contributed by atoms with Crippen LogP contribution in [0.25, 0.3) is 0 Å². The normalized spacial score (nSPS) is 13.6. The van der Waals surface area contributed by atoms with Crippen LogP contribution in [0.1, 0.15) is 16.7 Å². The molecule has 0 saturated carbocycles. The van der Waals surface area contributed by atoms with Crippen molar-refractivity contribution in [2.75, 3.05) is 18.0 Å². The van der Waals surface area contributed by atoms with Crippen LogP contribution in [0, 0.1) is 24.0 Å². The lowest BCUT2D eigenvalue weighted by Crippen LogP contribution is -2.29. The minimum absolute atomic E-state index is 0.0671. The average molecular weight is 362 g/mol. The molecule has 0 fully saturated rings. The lowest BCUT2D eigenvalue weighted by Gasteiger charge is -2.21. The topological polar surface area (TPSA) is 89.8 Å². The van der Waals surface area contributed by atoms with Crippen LogP contribution in [0.15, 0.2) is 35.2 Å². The Hall–Kier alpha value is -2.61. The van der Waals surface area contributed by atoms with Crippen LogP contribution in [0.3, 0.4) is 0 Å². The van der Waals surface area contributed by atoms with Gasteiger partial charge in [0.05, 0.1) is 17.7 Å². The highest BCUT2D eigenvalue weighted by atomic mass is 32.2. The number of nitro benzene ring substituents is 1. The Morgan fingerprint density at radius 2 is 1.84 bits per heavy atom. The fourth-order valence-electron chi connectivity index (χ4n) is 2.94. The molecule has 0 atom stereocenters. The number of sulfonamides is 1. The number of nitro groups is 1. The molecule has 3 rings (SSSR count). The van der Waals surface area contributed by atoms with E-state index in [4.69, 9.17) is 4.74 Å². The van der Waals surface area contributed by atoms with Crippen LogP contribution in [-0.2, 0) is 16.4 Å². The summed E-state index contributed by atoms with van der Waals surface area (Å²) in [6.07, 6.45) is 0.514. The van der Waals surface area contributed by atoms with Crippen LogP contribution in [0.5, 0.6) is 5.75 Å². The summed E-state index contributed by atoms with van der Waals surface area (Å²) in [5, 5.41) is 11.0. The highest BCUT2D eigenvalue weighted by Gasteiger charge is 2.34. The monoisotopic (exact) mass is 362 g/mol. The van der Waals surface area contributed by atoms with Gasteiger partial charge in [0, 0.05) is 18.7 Å². The Morgan fingerprint density at radius 3 is 2.48 bits per heavy atom. The van der Waals surface area contributed by atoms with E-state index >= 15 is 0 Å². The number of rotatable bonds is 4. The Balaban J connectivity index is 2.14. The van der Waals surface area contributed by atoms with Gasteiger partial charge in [-0.2, -0.15) is 0 Å². The number of anilines is 1. The molecule has 25 heavy (non-hydrogen) atoms. The fourth-order valence-corrected chi connectivity index (χ4v) is 4.66. The number of hydrogen-bond acceptors (Lipinski definition) is 5. The Morgan fingerprint density at radius 1 is 1.16 bits per heavy atom. The van der Waals surface area contributed by atoms with Crippen molar-refractivity contribution in [3.63, 3.8) is 0 Å². The van der Waals surface area contributed by atoms with Gasteiger partial charge in [0.1, 0.15) is 10.6 Å². The summed E-state index contributed by atoms with van der Waals surface area (Å²) in [5.41, 5.74) is 2.76. The van der Waals surface area contributed by atoms with Crippen molar-refractivity contribution in [1.82, 2.24) is 0 Å². The average Bonchev–Trinajstić information content (AvgIpc) is 3.00. The summed E-state index contributed by atoms with van der Waals surface area (Å²) in [5.74, 6) is 0.266. The number of fused-ring (bicyclic) bond motifs is 1. The first-order valence-electron chi connectivity index (χ1n) is 7.71. The molecule has 0 radical (unpaired) electrons. The predicted molar refractivity (Wildman–Crippen MR) is 93.8 cm³/mol. The first-order chi connectivity index (χ1) is 11.8. The molecule has 2 aromatic rings. The van der Waals surface area contributed by atoms with Crippen molar-refractivity contribution < 1.29 is 18.1 Å². The maximum atomic E-state index is 13.2. The quantitative estimate of drug-likeness (QED) is 0.616. The molecule has 0 amide bonds. The Bertz CT molecular complexity index is 969. The van der Waals surface area contributed by atoms with E-state index < -0.39 is 14.9 Å². The molecule has 7 nitrogen and oxygen atoms in total. The van der Waals surface area contributed by atoms with E-state index in [0.29, 0.717) is 12.1 Å². The number of non-ortho nitro benzene ring substituents is 1. The molecule has 132 valence electrons. The third kappa shape index (κ3) is 2.82. The maximum absolute atomic E-state index is 13.2. The molecule has 0 bridgehead atoms. The molecule has 0 saturated heterocycles. The van der Waals surface area contributed by atoms with Crippen LogP contribution in [0.4, 0.5) is 11.4 Å². The zero-order valence-corrected chi connectivity index (χ0v) is 15.0. The van der Waals surface area contributed by atoms with Gasteiger partial charge in [-0.1, -0.05) is 6.07 Å². The van der Waals surface area contributed by atoms with Crippen LogP contribution in [-0.4, -0.2) is 27.0 Å². The molecule has 0 aromatic heterocycles. The minimum atomic E-state index is -3.89. The highest BCUT2D eigenvalue weighted by molar-refractivity contribution is 7.93. The molecular weight excluding hydrogens is 344 g/mol. The number of methoxy groups -OCH3 is 1. The van der Waals surface area contributed by atoms with Crippen molar-refractivity contribution in [3.8, 4) is 5.75 Å². The lowest BCUT2D eigenvalue weighted by atomic mass is 10.1. The number of hydrogen-bond donors (Lipinski definition) is 0. The van der Waals surface area contributed by atoms with Gasteiger partial charge in [-0.3, -0.25) is 14.4 Å². The van der Waals surface area contributed by atoms with Gasteiger partial charge in [0.15, 0.2) is 0 Å². The molecule has 1 aliphatic rings. The van der Waals surface area contributed by atoms with Gasteiger partial charge in [0.2, 0.25) is 0 Å². The van der Waals surface area contributed by atoms with Crippen LogP contribution in [0.2, 0.25) is 0 Å². The maximum Gasteiger partial charge on any atom is 0.271 e. The van der Waals surface area contributed by atoms with Crippen LogP contribution < -0.4 is 9.04 Å². The smallest absolute Gasteiger partial charge is 0.271 e. The fraction of sp³-hybridized carbons (Fsp3) is 0.294. The van der Waals surface area contributed by atoms with Gasteiger partial charge in [-0.25, -0.2) is 8.42 Å². The molecule has 2 aromatic carbocycles. The Kier molecular flexibility index (Phi) is 4.16. The second kappa shape index (κ2) is 6.03. The minimum Gasteiger partial charge on any atom is -0.495 e. The summed E-state index contributed by atoms with van der Waals surface area (Å²) in [6, 6.07) is 7.59. The number of nitrogens with zero attached hydrogens (tertiary/aromatic N) is 2. The number of aryl methyl sites for hydroxylation is 2. The first kappa shape index (κ1) is 17.2. The lowest BCUT2D eigenvalue weighted by molar-refractivity contribution is -0.384. The second-order valence-corrected chi connectivity index (χ2v) is 7.82. The van der Waals surface area contributed by atoms with E-state index in [1.807, 2.05) is 13.8 Å². The van der Waals surface area contributed by atoms with E-state index in [1.165, 1.54) is 23.5 Å². The molecule has 0 N–H and O–H groups in total. The molecule has 0 spiro atoms. The zero-order valence-electron chi connectivity index (χ0n) is 14.1. The van der Waals surface area contributed by atoms with Crippen molar-refractivity contribution in [3.05, 3.63) is 57.1 Å². The zero-order chi connectivity index (χ0) is 18.4. The predicted octanol–water partition coefficient (Wildman–Crippen LogP) is 2.97. The van der Waals surface area contributed by atoms with Crippen molar-refractivity contribution in [2.45, 2.75) is 25.2 Å². The summed E-state index contributed by atoms with van der Waals surface area (Å²) in [4.78, 5) is 10.6. The summed E-state index contributed by atoms with van der Waals surface area (Å²) < 4.78 is 32.9. The molecule has 8 heteroatoms. The second-order valence-electron chi connectivity index (χ2n) is 5.98. The molecule has 1 heterocycles. The molecule has 1 aliphatic heterocycles. The number of ether oxygens (including phenoxy) is 1.